The minimum atomic E-state index is -0.185. The van der Waals surface area contributed by atoms with Crippen molar-refractivity contribution in [1.29, 1.82) is 0 Å². The van der Waals surface area contributed by atoms with Crippen molar-refractivity contribution < 1.29 is 0 Å². The molecule has 3 aromatic heterocycles. The summed E-state index contributed by atoms with van der Waals surface area (Å²) in [4.78, 5) is 22.1. The molecule has 0 bridgehead atoms. The fourth-order valence-corrected chi connectivity index (χ4v) is 6.47. The molecule has 0 atom stereocenters. The van der Waals surface area contributed by atoms with Crippen molar-refractivity contribution in [3.8, 4) is 0 Å². The first-order valence-electron chi connectivity index (χ1n) is 13.8. The smallest absolute Gasteiger partial charge is 0.225 e. The summed E-state index contributed by atoms with van der Waals surface area (Å²) in [6.07, 6.45) is 17.9. The molecule has 2 aliphatic carbocycles. The van der Waals surface area contributed by atoms with Gasteiger partial charge >= 0.3 is 0 Å². The highest BCUT2D eigenvalue weighted by atomic mass is 15.5. The van der Waals surface area contributed by atoms with Gasteiger partial charge in [0.25, 0.3) is 0 Å². The summed E-state index contributed by atoms with van der Waals surface area (Å²) >= 11 is 0. The minimum absolute atomic E-state index is 0.185. The highest BCUT2D eigenvalue weighted by Gasteiger charge is 2.41. The van der Waals surface area contributed by atoms with E-state index in [2.05, 4.69) is 36.8 Å². The SMILES string of the molecule is NC1CCC(Nc2nc(C3(NN4CCC(Cc5cccnc5)CC4)CCCC3)c3[nH]cnc3n2)CC1. The van der Waals surface area contributed by atoms with Gasteiger partial charge in [-0.2, -0.15) is 4.98 Å². The van der Waals surface area contributed by atoms with E-state index in [1.54, 1.807) is 6.33 Å². The molecule has 0 spiro atoms. The molecule has 3 fully saturated rings. The van der Waals surface area contributed by atoms with Gasteiger partial charge in [-0.15, -0.1) is 0 Å². The van der Waals surface area contributed by atoms with Gasteiger partial charge in [0, 0.05) is 37.6 Å². The van der Waals surface area contributed by atoms with E-state index in [4.69, 9.17) is 15.7 Å². The fourth-order valence-electron chi connectivity index (χ4n) is 6.47. The first-order chi connectivity index (χ1) is 17.7. The lowest BCUT2D eigenvalue weighted by molar-refractivity contribution is 0.0617. The predicted octanol–water partition coefficient (Wildman–Crippen LogP) is 3.66. The second kappa shape index (κ2) is 10.4. The van der Waals surface area contributed by atoms with Crippen molar-refractivity contribution in [2.24, 2.45) is 11.7 Å². The van der Waals surface area contributed by atoms with E-state index in [1.807, 2.05) is 18.5 Å². The van der Waals surface area contributed by atoms with Crippen LogP contribution < -0.4 is 16.5 Å². The molecule has 6 rings (SSSR count). The van der Waals surface area contributed by atoms with Gasteiger partial charge in [-0.3, -0.25) is 4.98 Å². The number of hydrogen-bond donors (Lipinski definition) is 4. The van der Waals surface area contributed by atoms with Crippen LogP contribution >= 0.6 is 0 Å². The topological polar surface area (TPSA) is 121 Å². The van der Waals surface area contributed by atoms with Crippen LogP contribution in [0.1, 0.15) is 75.5 Å². The van der Waals surface area contributed by atoms with Crippen molar-refractivity contribution in [3.63, 3.8) is 0 Å². The number of hydrazine groups is 1. The summed E-state index contributed by atoms with van der Waals surface area (Å²) in [7, 11) is 0. The monoisotopic (exact) mass is 489 g/mol. The lowest BCUT2D eigenvalue weighted by atomic mass is 9.90. The van der Waals surface area contributed by atoms with Gasteiger partial charge in [-0.1, -0.05) is 18.9 Å². The third-order valence-electron chi connectivity index (χ3n) is 8.53. The van der Waals surface area contributed by atoms with Crippen LogP contribution in [0.4, 0.5) is 5.95 Å². The van der Waals surface area contributed by atoms with Crippen LogP contribution in [0.2, 0.25) is 0 Å². The van der Waals surface area contributed by atoms with Crippen molar-refractivity contribution in [3.05, 3.63) is 42.1 Å². The number of nitrogens with two attached hydrogens (primary N) is 1. The van der Waals surface area contributed by atoms with Crippen LogP contribution in [-0.4, -0.2) is 55.1 Å². The minimum Gasteiger partial charge on any atom is -0.351 e. The molecule has 9 nitrogen and oxygen atoms in total. The normalized spacial score (nSPS) is 25.4. The van der Waals surface area contributed by atoms with Crippen LogP contribution in [0.5, 0.6) is 0 Å². The molecule has 36 heavy (non-hydrogen) atoms. The number of piperidine rings is 1. The zero-order valence-corrected chi connectivity index (χ0v) is 21.1. The summed E-state index contributed by atoms with van der Waals surface area (Å²) in [5, 5.41) is 6.07. The van der Waals surface area contributed by atoms with E-state index in [0.29, 0.717) is 23.9 Å². The van der Waals surface area contributed by atoms with Crippen molar-refractivity contribution >= 4 is 17.1 Å². The summed E-state index contributed by atoms with van der Waals surface area (Å²) in [5.41, 5.74) is 14.1. The molecule has 4 heterocycles. The van der Waals surface area contributed by atoms with Gasteiger partial charge in [0.2, 0.25) is 5.95 Å². The Labute approximate surface area is 213 Å². The molecule has 5 N–H and O–H groups in total. The van der Waals surface area contributed by atoms with Crippen molar-refractivity contribution in [2.75, 3.05) is 18.4 Å². The van der Waals surface area contributed by atoms with Crippen LogP contribution in [0.25, 0.3) is 11.2 Å². The number of rotatable bonds is 7. The highest BCUT2D eigenvalue weighted by Crippen LogP contribution is 2.41. The number of nitrogens with one attached hydrogen (secondary N) is 3. The summed E-state index contributed by atoms with van der Waals surface area (Å²) in [6, 6.07) is 4.94. The molecule has 9 heteroatoms. The van der Waals surface area contributed by atoms with Gasteiger partial charge in [0.05, 0.1) is 17.6 Å². The predicted molar refractivity (Wildman–Crippen MR) is 141 cm³/mol. The summed E-state index contributed by atoms with van der Waals surface area (Å²) < 4.78 is 0. The molecule has 0 aromatic carbocycles. The molecule has 2 saturated carbocycles. The van der Waals surface area contributed by atoms with Gasteiger partial charge in [0.15, 0.2) is 5.65 Å². The number of imidazole rings is 1. The Morgan fingerprint density at radius 2 is 1.86 bits per heavy atom. The highest BCUT2D eigenvalue weighted by molar-refractivity contribution is 5.75. The van der Waals surface area contributed by atoms with Gasteiger partial charge < -0.3 is 16.0 Å². The Morgan fingerprint density at radius 1 is 1.06 bits per heavy atom. The molecular weight excluding hydrogens is 450 g/mol. The maximum atomic E-state index is 6.12. The summed E-state index contributed by atoms with van der Waals surface area (Å²) in [5.74, 6) is 1.41. The first kappa shape index (κ1) is 23.8. The Hall–Kier alpha value is -2.62. The van der Waals surface area contributed by atoms with Crippen LogP contribution in [0.3, 0.4) is 0 Å². The van der Waals surface area contributed by atoms with Crippen molar-refractivity contribution in [2.45, 2.75) is 88.3 Å². The fraction of sp³-hybridized carbons (Fsp3) is 0.630. The molecule has 0 radical (unpaired) electrons. The zero-order chi connectivity index (χ0) is 24.4. The second-order valence-corrected chi connectivity index (χ2v) is 11.1. The van der Waals surface area contributed by atoms with E-state index in [1.165, 1.54) is 31.2 Å². The lowest BCUT2D eigenvalue weighted by Gasteiger charge is -2.40. The number of aromatic amines is 1. The Balaban J connectivity index is 1.19. The van der Waals surface area contributed by atoms with Gasteiger partial charge in [-0.25, -0.2) is 20.4 Å². The largest absolute Gasteiger partial charge is 0.351 e. The van der Waals surface area contributed by atoms with E-state index in [0.717, 1.165) is 74.9 Å². The number of pyridine rings is 1. The van der Waals surface area contributed by atoms with E-state index < -0.39 is 0 Å². The Kier molecular flexibility index (Phi) is 6.86. The third kappa shape index (κ3) is 5.10. The molecular formula is C27H39N9. The third-order valence-corrected chi connectivity index (χ3v) is 8.53. The van der Waals surface area contributed by atoms with Crippen LogP contribution in [-0.2, 0) is 12.0 Å². The second-order valence-electron chi connectivity index (χ2n) is 11.1. The van der Waals surface area contributed by atoms with Crippen LogP contribution in [0.15, 0.2) is 30.9 Å². The van der Waals surface area contributed by atoms with E-state index in [9.17, 15) is 0 Å². The Bertz CT molecular complexity index is 1120. The first-order valence-corrected chi connectivity index (χ1v) is 13.8. The molecule has 3 aromatic rings. The van der Waals surface area contributed by atoms with Crippen LogP contribution in [0, 0.1) is 5.92 Å². The maximum absolute atomic E-state index is 6.12. The quantitative estimate of drug-likeness (QED) is 0.397. The molecule has 0 amide bonds. The number of anilines is 1. The van der Waals surface area contributed by atoms with E-state index >= 15 is 0 Å². The Morgan fingerprint density at radius 3 is 2.61 bits per heavy atom. The molecule has 3 aliphatic rings. The maximum Gasteiger partial charge on any atom is 0.225 e. The number of hydrogen-bond acceptors (Lipinski definition) is 8. The van der Waals surface area contributed by atoms with Gasteiger partial charge in [0.1, 0.15) is 5.52 Å². The van der Waals surface area contributed by atoms with Crippen molar-refractivity contribution in [1.82, 2.24) is 35.4 Å². The summed E-state index contributed by atoms with van der Waals surface area (Å²) in [6.45, 7) is 2.11. The average molecular weight is 490 g/mol. The van der Waals surface area contributed by atoms with E-state index in [-0.39, 0.29) is 5.54 Å². The zero-order valence-electron chi connectivity index (χ0n) is 21.1. The molecule has 1 aliphatic heterocycles. The number of nitrogens with zero attached hydrogens (tertiary/aromatic N) is 5. The molecule has 192 valence electrons. The average Bonchev–Trinajstić information content (AvgIpc) is 3.57. The number of aromatic nitrogens is 5. The standard InChI is InChI=1S/C27H39N9/c28-21-5-7-22(8-6-21)32-26-33-24(23-25(34-26)31-18-30-23)27(11-1-2-12-27)35-36-14-9-19(10-15-36)16-20-4-3-13-29-17-20/h3-4,13,17-19,21-22,35H,1-2,5-12,14-16,28H2,(H2,30,31,32,33,34). The van der Waals surface area contributed by atoms with Gasteiger partial charge in [-0.05, 0) is 75.3 Å². The molecule has 1 saturated heterocycles. The number of H-pyrrole nitrogens is 1. The lowest BCUT2D eigenvalue weighted by Crippen LogP contribution is -2.54. The molecule has 0 unspecified atom stereocenters. The number of fused-ring (bicyclic) bond motifs is 1.